The number of hydrogen-bond donors (Lipinski definition) is 1. The number of hydrogen-bond acceptors (Lipinski definition) is 2. The number of benzene rings is 2. The second-order valence-electron chi connectivity index (χ2n) is 6.10. The Bertz CT molecular complexity index is 1130. The van der Waals surface area contributed by atoms with E-state index < -0.39 is 0 Å². The zero-order valence-electron chi connectivity index (χ0n) is 15.0. The Labute approximate surface area is 181 Å². The van der Waals surface area contributed by atoms with E-state index in [1.54, 1.807) is 6.20 Å². The molecule has 0 bridgehead atoms. The van der Waals surface area contributed by atoms with Gasteiger partial charge in [-0.05, 0) is 0 Å². The van der Waals surface area contributed by atoms with Gasteiger partial charge in [-0.25, -0.2) is 0 Å². The first kappa shape index (κ1) is 20.5. The number of amides is 1. The molecule has 0 atom stereocenters. The summed E-state index contributed by atoms with van der Waals surface area (Å²) in [5.41, 5.74) is 2.22. The van der Waals surface area contributed by atoms with Crippen molar-refractivity contribution in [3.8, 4) is 0 Å². The quantitative estimate of drug-likeness (QED) is 0.461. The standard InChI is InChI=1S/C21H16AsClN3O.ClH/c1-26-11-10-17-19(26)18(21(27)25-16-8-3-2-4-9-16)13-24-20(17)22-14-6-5-7-15(23)12-14;/h2-13H,1H3,(H,25,27);1H. The van der Waals surface area contributed by atoms with Gasteiger partial charge in [-0.15, -0.1) is 12.4 Å². The molecule has 4 aromatic rings. The Morgan fingerprint density at radius 3 is 2.64 bits per heavy atom. The van der Waals surface area contributed by atoms with Crippen molar-refractivity contribution in [3.05, 3.63) is 83.6 Å². The number of fused-ring (bicyclic) bond motifs is 1. The zero-order valence-corrected chi connectivity index (χ0v) is 18.4. The summed E-state index contributed by atoms with van der Waals surface area (Å²) < 4.78 is 4.16. The number of aryl methyl sites for hydroxylation is 1. The Morgan fingerprint density at radius 1 is 1.11 bits per heavy atom. The van der Waals surface area contributed by atoms with Crippen molar-refractivity contribution in [2.75, 3.05) is 5.32 Å². The molecule has 0 fully saturated rings. The number of nitrogens with one attached hydrogen (secondary N) is 1. The summed E-state index contributed by atoms with van der Waals surface area (Å²) in [5.74, 6) is -0.161. The van der Waals surface area contributed by atoms with Crippen LogP contribution in [0, 0.1) is 0 Å². The van der Waals surface area contributed by atoms with Crippen LogP contribution in [0.15, 0.2) is 73.1 Å². The minimum atomic E-state index is -0.329. The van der Waals surface area contributed by atoms with Crippen molar-refractivity contribution < 1.29 is 4.79 Å². The van der Waals surface area contributed by atoms with E-state index >= 15 is 0 Å². The number of carbonyl (C=O) groups excluding carboxylic acids is 1. The van der Waals surface area contributed by atoms with Gasteiger partial charge in [0.15, 0.2) is 0 Å². The number of nitrogens with zero attached hydrogens (tertiary/aromatic N) is 2. The number of rotatable bonds is 4. The fraction of sp³-hybridized carbons (Fsp3) is 0.0476. The maximum atomic E-state index is 12.8. The maximum absolute atomic E-state index is 12.8. The molecular weight excluding hydrogens is 456 g/mol. The van der Waals surface area contributed by atoms with Crippen LogP contribution in [-0.2, 0) is 7.05 Å². The molecule has 1 radical (unpaired) electrons. The van der Waals surface area contributed by atoms with Crippen molar-refractivity contribution in [2.45, 2.75) is 0 Å². The van der Waals surface area contributed by atoms with E-state index in [2.05, 4.69) is 16.4 Å². The number of aromatic nitrogens is 2. The number of pyridine rings is 1. The van der Waals surface area contributed by atoms with Crippen LogP contribution >= 0.6 is 24.0 Å². The fourth-order valence-corrected chi connectivity index (χ4v) is 5.45. The van der Waals surface area contributed by atoms with Gasteiger partial charge >= 0.3 is 169 Å². The van der Waals surface area contributed by atoms with Crippen LogP contribution in [0.2, 0.25) is 5.02 Å². The van der Waals surface area contributed by atoms with Crippen LogP contribution in [0.3, 0.4) is 0 Å². The number of carbonyl (C=O) groups is 1. The van der Waals surface area contributed by atoms with Crippen LogP contribution in [-0.4, -0.2) is 31.2 Å². The van der Waals surface area contributed by atoms with Crippen LogP contribution < -0.4 is 14.1 Å². The van der Waals surface area contributed by atoms with Crippen LogP contribution in [0.1, 0.15) is 10.4 Å². The molecular formula is C21H17AsCl2N3O. The SMILES string of the molecule is Cl.Cn1ccc2c([As]c3cccc(Cl)c3)ncc(C(=O)Nc3ccccc3)c21. The van der Waals surface area contributed by atoms with Crippen LogP contribution in [0.5, 0.6) is 0 Å². The fourth-order valence-electron chi connectivity index (χ4n) is 2.94. The van der Waals surface area contributed by atoms with Gasteiger partial charge in [0, 0.05) is 0 Å². The third-order valence-electron chi connectivity index (χ3n) is 4.20. The van der Waals surface area contributed by atoms with E-state index in [9.17, 15) is 4.79 Å². The summed E-state index contributed by atoms with van der Waals surface area (Å²) in [4.78, 5) is 17.5. The third-order valence-corrected chi connectivity index (χ3v) is 6.76. The molecule has 2 aromatic heterocycles. The van der Waals surface area contributed by atoms with E-state index in [1.165, 1.54) is 4.35 Å². The average Bonchev–Trinajstić information content (AvgIpc) is 3.05. The Balaban J connectivity index is 0.00000225. The van der Waals surface area contributed by atoms with Crippen molar-refractivity contribution in [1.82, 2.24) is 9.55 Å². The van der Waals surface area contributed by atoms with Gasteiger partial charge < -0.3 is 0 Å². The Hall–Kier alpha value is -2.26. The molecule has 1 N–H and O–H groups in total. The second-order valence-corrected chi connectivity index (χ2v) is 8.97. The van der Waals surface area contributed by atoms with Crippen molar-refractivity contribution in [3.63, 3.8) is 0 Å². The van der Waals surface area contributed by atoms with Gasteiger partial charge in [-0.3, -0.25) is 0 Å². The zero-order chi connectivity index (χ0) is 18.8. The summed E-state index contributed by atoms with van der Waals surface area (Å²) in [5, 5.41) is 4.68. The molecule has 28 heavy (non-hydrogen) atoms. The Morgan fingerprint density at radius 2 is 1.89 bits per heavy atom. The number of para-hydroxylation sites is 1. The van der Waals surface area contributed by atoms with E-state index in [1.807, 2.05) is 72.4 Å². The van der Waals surface area contributed by atoms with Gasteiger partial charge in [-0.2, -0.15) is 0 Å². The van der Waals surface area contributed by atoms with Crippen molar-refractivity contribution in [1.29, 1.82) is 0 Å². The monoisotopic (exact) mass is 472 g/mol. The Kier molecular flexibility index (Phi) is 6.45. The van der Waals surface area contributed by atoms with E-state index in [-0.39, 0.29) is 34.1 Å². The average molecular weight is 473 g/mol. The molecule has 0 aliphatic rings. The molecule has 0 aliphatic carbocycles. The summed E-state index contributed by atoms with van der Waals surface area (Å²) in [6.45, 7) is 0. The van der Waals surface area contributed by atoms with Gasteiger partial charge in [0.25, 0.3) is 0 Å². The minimum absolute atomic E-state index is 0. The predicted octanol–water partition coefficient (Wildman–Crippen LogP) is 3.56. The summed E-state index contributed by atoms with van der Waals surface area (Å²) in [7, 11) is 1.95. The first-order valence-electron chi connectivity index (χ1n) is 8.39. The molecule has 2 heterocycles. The second kappa shape index (κ2) is 8.83. The van der Waals surface area contributed by atoms with Gasteiger partial charge in [0.05, 0.1) is 0 Å². The molecule has 141 valence electrons. The summed E-state index contributed by atoms with van der Waals surface area (Å²) in [6, 6.07) is 19.3. The predicted molar refractivity (Wildman–Crippen MR) is 119 cm³/mol. The van der Waals surface area contributed by atoms with Gasteiger partial charge in [-0.1, -0.05) is 0 Å². The van der Waals surface area contributed by atoms with Crippen molar-refractivity contribution in [2.24, 2.45) is 7.05 Å². The molecule has 0 spiro atoms. The molecule has 1 amide bonds. The van der Waals surface area contributed by atoms with Crippen LogP contribution in [0.25, 0.3) is 10.9 Å². The number of anilines is 1. The van der Waals surface area contributed by atoms with E-state index in [0.29, 0.717) is 5.56 Å². The topological polar surface area (TPSA) is 46.9 Å². The van der Waals surface area contributed by atoms with Gasteiger partial charge in [0.1, 0.15) is 0 Å². The molecule has 0 saturated carbocycles. The molecule has 0 saturated heterocycles. The molecule has 2 aromatic carbocycles. The first-order valence-corrected chi connectivity index (χ1v) is 10.6. The normalized spacial score (nSPS) is 10.9. The van der Waals surface area contributed by atoms with E-state index in [4.69, 9.17) is 11.6 Å². The molecule has 0 unspecified atom stereocenters. The molecule has 4 rings (SSSR count). The first-order chi connectivity index (χ1) is 13.1. The molecule has 7 heteroatoms. The molecule has 0 aliphatic heterocycles. The summed E-state index contributed by atoms with van der Waals surface area (Å²) >= 11 is 5.79. The third kappa shape index (κ3) is 4.25. The molecule has 4 nitrogen and oxygen atoms in total. The van der Waals surface area contributed by atoms with E-state index in [0.717, 1.165) is 26.1 Å². The summed E-state index contributed by atoms with van der Waals surface area (Å²) in [6.07, 6.45) is 3.64. The number of halogens is 2. The van der Waals surface area contributed by atoms with Gasteiger partial charge in [0.2, 0.25) is 0 Å². The van der Waals surface area contributed by atoms with Crippen LogP contribution in [0.4, 0.5) is 5.69 Å². The van der Waals surface area contributed by atoms with Crippen molar-refractivity contribution >= 4 is 71.1 Å².